The predicted molar refractivity (Wildman–Crippen MR) is 48.1 cm³/mol. The Labute approximate surface area is 83.0 Å². The lowest BCUT2D eigenvalue weighted by Crippen LogP contribution is -2.89. The molecule has 0 spiro atoms. The van der Waals surface area contributed by atoms with Gasteiger partial charge in [0.2, 0.25) is 0 Å². The molecule has 2 heteroatoms. The maximum absolute atomic E-state index is 10.8. The molecule has 0 aromatic rings. The van der Waals surface area contributed by atoms with Crippen molar-refractivity contribution in [1.29, 1.82) is 0 Å². The first kappa shape index (κ1) is 6.86. The summed E-state index contributed by atoms with van der Waals surface area (Å²) in [6.07, 6.45) is 1.53. The van der Waals surface area contributed by atoms with Gasteiger partial charge in [-0.1, -0.05) is 0 Å². The van der Waals surface area contributed by atoms with Crippen molar-refractivity contribution < 1.29 is 9.53 Å². The summed E-state index contributed by atoms with van der Waals surface area (Å²) in [6, 6.07) is 0. The largest absolute Gasteiger partial charge is 0.465 e. The van der Waals surface area contributed by atoms with Gasteiger partial charge in [-0.05, 0) is 47.8 Å². The van der Waals surface area contributed by atoms with E-state index >= 15 is 0 Å². The zero-order chi connectivity index (χ0) is 9.24. The second-order valence-corrected chi connectivity index (χ2v) is 6.19. The Morgan fingerprint density at radius 3 is 2.57 bits per heavy atom. The Morgan fingerprint density at radius 1 is 1.29 bits per heavy atom. The molecular formula is C12H14O2. The molecular weight excluding hydrogens is 176 g/mol. The van der Waals surface area contributed by atoms with Crippen LogP contribution in [-0.2, 0) is 9.53 Å². The molecule has 6 aliphatic rings. The molecule has 0 aliphatic heterocycles. The van der Waals surface area contributed by atoms with Crippen LogP contribution in [0, 0.1) is 46.8 Å². The Balaban J connectivity index is 1.47. The van der Waals surface area contributed by atoms with Crippen LogP contribution in [0.5, 0.6) is 0 Å². The molecule has 0 radical (unpaired) electrons. The molecule has 14 heavy (non-hydrogen) atoms. The summed E-state index contributed by atoms with van der Waals surface area (Å²) in [6.45, 7) is 2.30. The Morgan fingerprint density at radius 2 is 2.00 bits per heavy atom. The second-order valence-electron chi connectivity index (χ2n) is 6.19. The van der Waals surface area contributed by atoms with Crippen LogP contribution in [-0.4, -0.2) is 12.6 Å². The lowest BCUT2D eigenvalue weighted by molar-refractivity contribution is -0.455. The van der Waals surface area contributed by atoms with Crippen molar-refractivity contribution in [3.63, 3.8) is 0 Å². The van der Waals surface area contributed by atoms with Gasteiger partial charge >= 0.3 is 5.97 Å². The average molecular weight is 190 g/mol. The quantitative estimate of drug-likeness (QED) is 0.614. The summed E-state index contributed by atoms with van der Waals surface area (Å²) in [5, 5.41) is 0. The van der Waals surface area contributed by atoms with Crippen LogP contribution < -0.4 is 0 Å². The molecule has 6 saturated carbocycles. The van der Waals surface area contributed by atoms with E-state index < -0.39 is 0 Å². The Kier molecular flexibility index (Phi) is 0.763. The van der Waals surface area contributed by atoms with Crippen molar-refractivity contribution >= 4 is 5.97 Å². The van der Waals surface area contributed by atoms with Gasteiger partial charge in [-0.3, -0.25) is 4.79 Å². The Hall–Kier alpha value is -0.530. The molecule has 0 N–H and O–H groups in total. The fourth-order valence-electron chi connectivity index (χ4n) is 6.65. The van der Waals surface area contributed by atoms with E-state index in [1.165, 1.54) is 13.3 Å². The van der Waals surface area contributed by atoms with E-state index in [0.29, 0.717) is 5.41 Å². The third-order valence-corrected chi connectivity index (χ3v) is 6.50. The first-order chi connectivity index (χ1) is 6.77. The van der Waals surface area contributed by atoms with E-state index in [1.807, 2.05) is 0 Å². The lowest BCUT2D eigenvalue weighted by atomic mass is 9.13. The van der Waals surface area contributed by atoms with Crippen LogP contribution in [0.4, 0.5) is 0 Å². The maximum Gasteiger partial charge on any atom is 0.302 e. The van der Waals surface area contributed by atoms with Crippen LogP contribution in [0.25, 0.3) is 0 Å². The predicted octanol–water partition coefficient (Wildman–Crippen LogP) is 1.31. The third kappa shape index (κ3) is 0.356. The zero-order valence-corrected chi connectivity index (χ0v) is 8.27. The average Bonchev–Trinajstić information content (AvgIpc) is 2.40. The summed E-state index contributed by atoms with van der Waals surface area (Å²) in [7, 11) is 0. The molecule has 6 rings (SSSR count). The van der Waals surface area contributed by atoms with Crippen LogP contribution >= 0.6 is 0 Å². The first-order valence-electron chi connectivity index (χ1n) is 5.90. The molecule has 0 unspecified atom stereocenters. The molecule has 0 heterocycles. The highest BCUT2D eigenvalue weighted by atomic mass is 16.5. The zero-order valence-electron chi connectivity index (χ0n) is 8.27. The van der Waals surface area contributed by atoms with Gasteiger partial charge in [0.05, 0.1) is 6.61 Å². The standard InChI is InChI=1S/C12H14O2/c1-4(13)14-3-12-9-6-2-5-7(9)11(12)8(5)10(6)12/h5-11H,2-3H2,1H3/t5?,6?,7-,8-,9+,10+,11?,12?/m0/s1. The molecule has 2 nitrogen and oxygen atoms in total. The van der Waals surface area contributed by atoms with E-state index in [-0.39, 0.29) is 5.97 Å². The maximum atomic E-state index is 10.8. The molecule has 74 valence electrons. The topological polar surface area (TPSA) is 26.3 Å². The molecule has 0 saturated heterocycles. The molecule has 6 aliphatic carbocycles. The molecule has 0 aromatic heterocycles. The van der Waals surface area contributed by atoms with Gasteiger partial charge in [-0.15, -0.1) is 0 Å². The fraction of sp³-hybridized carbons (Fsp3) is 0.917. The molecule has 0 amide bonds. The van der Waals surface area contributed by atoms with Crippen molar-refractivity contribution in [2.24, 2.45) is 46.8 Å². The normalized spacial score (nSPS) is 72.5. The SMILES string of the molecule is CC(=O)OCC12C3[C@H]4C5CC([C@H]41)[C@@H]2[C@H]53. The van der Waals surface area contributed by atoms with Gasteiger partial charge in [-0.2, -0.15) is 0 Å². The highest BCUT2D eigenvalue weighted by molar-refractivity contribution is 5.66. The molecule has 6 fully saturated rings. The van der Waals surface area contributed by atoms with Crippen molar-refractivity contribution in [2.45, 2.75) is 13.3 Å². The van der Waals surface area contributed by atoms with E-state index in [0.717, 1.165) is 48.0 Å². The van der Waals surface area contributed by atoms with Gasteiger partial charge < -0.3 is 4.74 Å². The minimum atomic E-state index is -0.0858. The van der Waals surface area contributed by atoms with Crippen LogP contribution in [0.15, 0.2) is 0 Å². The van der Waals surface area contributed by atoms with E-state index in [9.17, 15) is 4.79 Å². The van der Waals surface area contributed by atoms with Crippen molar-refractivity contribution in [3.05, 3.63) is 0 Å². The number of ether oxygens (including phenoxy) is 1. The van der Waals surface area contributed by atoms with Crippen molar-refractivity contribution in [1.82, 2.24) is 0 Å². The number of hydrogen-bond donors (Lipinski definition) is 0. The number of carbonyl (C=O) groups is 1. The van der Waals surface area contributed by atoms with E-state index in [1.54, 1.807) is 0 Å². The minimum Gasteiger partial charge on any atom is -0.465 e. The highest BCUT2D eigenvalue weighted by Gasteiger charge is 2.97. The third-order valence-electron chi connectivity index (χ3n) is 6.50. The summed E-state index contributed by atoms with van der Waals surface area (Å²) in [5.41, 5.74) is 0.540. The van der Waals surface area contributed by atoms with Gasteiger partial charge in [0, 0.05) is 12.3 Å². The monoisotopic (exact) mass is 190 g/mol. The van der Waals surface area contributed by atoms with Gasteiger partial charge in [-0.25, -0.2) is 0 Å². The fourth-order valence-corrected chi connectivity index (χ4v) is 6.65. The molecule has 2 bridgehead atoms. The van der Waals surface area contributed by atoms with Crippen molar-refractivity contribution in [2.75, 3.05) is 6.61 Å². The number of rotatable bonds is 2. The lowest BCUT2D eigenvalue weighted by Gasteiger charge is -2.90. The first-order valence-corrected chi connectivity index (χ1v) is 5.90. The summed E-state index contributed by atoms with van der Waals surface area (Å²) < 4.78 is 5.27. The summed E-state index contributed by atoms with van der Waals surface area (Å²) >= 11 is 0. The van der Waals surface area contributed by atoms with Gasteiger partial charge in [0.25, 0.3) is 0 Å². The van der Waals surface area contributed by atoms with Crippen molar-refractivity contribution in [3.8, 4) is 0 Å². The minimum absolute atomic E-state index is 0.0858. The van der Waals surface area contributed by atoms with Gasteiger partial charge in [0.1, 0.15) is 0 Å². The second kappa shape index (κ2) is 1.56. The smallest absolute Gasteiger partial charge is 0.302 e. The van der Waals surface area contributed by atoms with E-state index in [2.05, 4.69) is 0 Å². The molecule has 4 atom stereocenters. The van der Waals surface area contributed by atoms with Crippen LogP contribution in [0.3, 0.4) is 0 Å². The van der Waals surface area contributed by atoms with Crippen LogP contribution in [0.1, 0.15) is 13.3 Å². The number of hydrogen-bond acceptors (Lipinski definition) is 2. The van der Waals surface area contributed by atoms with Crippen LogP contribution in [0.2, 0.25) is 0 Å². The molecule has 0 aromatic carbocycles. The van der Waals surface area contributed by atoms with E-state index in [4.69, 9.17) is 4.74 Å². The summed E-state index contributed by atoms with van der Waals surface area (Å²) in [5.74, 6) is 7.27. The summed E-state index contributed by atoms with van der Waals surface area (Å²) in [4.78, 5) is 10.8. The Bertz CT molecular complexity index is 351. The number of carbonyl (C=O) groups excluding carboxylic acids is 1. The highest BCUT2D eigenvalue weighted by Crippen LogP contribution is 2.99. The van der Waals surface area contributed by atoms with Gasteiger partial charge in [0.15, 0.2) is 0 Å². The number of esters is 1.